The molecule has 3 nitrogen and oxygen atoms in total. The van der Waals surface area contributed by atoms with Crippen molar-refractivity contribution in [3.63, 3.8) is 0 Å². The first-order chi connectivity index (χ1) is 11.1. The molecule has 0 radical (unpaired) electrons. The zero-order valence-corrected chi connectivity index (χ0v) is 14.9. The van der Waals surface area contributed by atoms with Crippen molar-refractivity contribution < 1.29 is 4.42 Å². The molecule has 2 aromatic carbocycles. The molecule has 1 heterocycles. The van der Waals surface area contributed by atoms with Gasteiger partial charge in [0.05, 0.1) is 16.5 Å². The summed E-state index contributed by atoms with van der Waals surface area (Å²) in [7, 11) is 0. The van der Waals surface area contributed by atoms with Gasteiger partial charge in [-0.05, 0) is 41.5 Å². The first-order valence-corrected chi connectivity index (χ1v) is 8.35. The fourth-order valence-electron chi connectivity index (χ4n) is 1.97. The van der Waals surface area contributed by atoms with Gasteiger partial charge >= 0.3 is 0 Å². The van der Waals surface area contributed by atoms with Gasteiger partial charge in [0, 0.05) is 10.5 Å². The molecule has 0 saturated heterocycles. The maximum absolute atomic E-state index is 5.98. The Morgan fingerprint density at radius 3 is 2.48 bits per heavy atom. The molecule has 3 rings (SSSR count). The van der Waals surface area contributed by atoms with E-state index in [4.69, 9.17) is 27.6 Å². The van der Waals surface area contributed by atoms with Crippen LogP contribution in [-0.4, -0.2) is 10.2 Å². The highest BCUT2D eigenvalue weighted by Gasteiger charge is 2.05. The van der Waals surface area contributed by atoms with E-state index >= 15 is 0 Å². The largest absolute Gasteiger partial charge is 0.421 e. The minimum atomic E-state index is 0.447. The molecule has 0 aliphatic rings. The van der Waals surface area contributed by atoms with Crippen LogP contribution >= 0.6 is 39.1 Å². The molecule has 0 atom stereocenters. The molecule has 0 spiro atoms. The number of hydrogen-bond donors (Lipinski definition) is 0. The molecule has 3 aromatic rings. The van der Waals surface area contributed by atoms with E-state index < -0.39 is 0 Å². The van der Waals surface area contributed by atoms with Gasteiger partial charge < -0.3 is 4.42 Å². The second-order valence-electron chi connectivity index (χ2n) is 4.84. The molecule has 0 saturated carbocycles. The summed E-state index contributed by atoms with van der Waals surface area (Å²) in [5.74, 6) is 1.02. The Hall–Kier alpha value is -1.62. The number of rotatable bonds is 4. The van der Waals surface area contributed by atoms with Crippen LogP contribution < -0.4 is 0 Å². The first kappa shape index (κ1) is 16.2. The lowest BCUT2D eigenvalue weighted by Gasteiger charge is -1.97. The average molecular weight is 410 g/mol. The molecular weight excluding hydrogens is 399 g/mol. The van der Waals surface area contributed by atoms with E-state index in [1.807, 2.05) is 36.4 Å². The van der Waals surface area contributed by atoms with E-state index in [-0.39, 0.29) is 0 Å². The van der Waals surface area contributed by atoms with Crippen LogP contribution in [0.1, 0.15) is 22.9 Å². The number of halogens is 3. The molecule has 0 bridgehead atoms. The molecule has 0 fully saturated rings. The fraction of sp³-hybridized carbons (Fsp3) is 0.0588. The predicted molar refractivity (Wildman–Crippen MR) is 96.6 cm³/mol. The summed E-state index contributed by atoms with van der Waals surface area (Å²) in [5, 5.41) is 9.10. The highest BCUT2D eigenvalue weighted by molar-refractivity contribution is 9.10. The van der Waals surface area contributed by atoms with Gasteiger partial charge in [-0.25, -0.2) is 0 Å². The monoisotopic (exact) mass is 408 g/mol. The molecule has 0 aliphatic heterocycles. The number of benzene rings is 2. The van der Waals surface area contributed by atoms with Crippen molar-refractivity contribution >= 4 is 51.3 Å². The minimum absolute atomic E-state index is 0.447. The lowest BCUT2D eigenvalue weighted by atomic mass is 10.1. The van der Waals surface area contributed by atoms with Crippen LogP contribution in [0.25, 0.3) is 12.2 Å². The van der Waals surface area contributed by atoms with Gasteiger partial charge in [-0.2, -0.15) is 0 Å². The van der Waals surface area contributed by atoms with Gasteiger partial charge in [0.15, 0.2) is 0 Å². The predicted octanol–water partition coefficient (Wildman–Crippen LogP) is 5.90. The van der Waals surface area contributed by atoms with Crippen molar-refractivity contribution in [1.82, 2.24) is 10.2 Å². The zero-order chi connectivity index (χ0) is 16.2. The Kier molecular flexibility index (Phi) is 5.16. The Morgan fingerprint density at radius 1 is 0.957 bits per heavy atom. The Labute approximate surface area is 152 Å². The van der Waals surface area contributed by atoms with Gasteiger partial charge in [0.2, 0.25) is 11.8 Å². The summed E-state index contributed by atoms with van der Waals surface area (Å²) in [5.41, 5.74) is 2.02. The molecular formula is C17H11BrCl2N2O. The van der Waals surface area contributed by atoms with Crippen molar-refractivity contribution in [3.05, 3.63) is 79.9 Å². The summed E-state index contributed by atoms with van der Waals surface area (Å²) >= 11 is 15.3. The summed E-state index contributed by atoms with van der Waals surface area (Å²) in [6.07, 6.45) is 4.19. The second kappa shape index (κ2) is 7.30. The van der Waals surface area contributed by atoms with Gasteiger partial charge in [-0.15, -0.1) is 10.2 Å². The summed E-state index contributed by atoms with van der Waals surface area (Å²) < 4.78 is 6.65. The van der Waals surface area contributed by atoms with E-state index in [9.17, 15) is 0 Å². The molecule has 23 heavy (non-hydrogen) atoms. The van der Waals surface area contributed by atoms with E-state index in [1.165, 1.54) is 0 Å². The van der Waals surface area contributed by atoms with Crippen molar-refractivity contribution in [2.45, 2.75) is 6.42 Å². The average Bonchev–Trinajstić information content (AvgIpc) is 2.98. The molecule has 116 valence electrons. The molecule has 6 heteroatoms. The topological polar surface area (TPSA) is 38.9 Å². The lowest BCUT2D eigenvalue weighted by Crippen LogP contribution is -1.87. The van der Waals surface area contributed by atoms with Gasteiger partial charge in [-0.3, -0.25) is 0 Å². The third-order valence-electron chi connectivity index (χ3n) is 3.11. The third kappa shape index (κ3) is 4.44. The zero-order valence-electron chi connectivity index (χ0n) is 11.8. The normalized spacial score (nSPS) is 11.3. The second-order valence-corrected chi connectivity index (χ2v) is 6.57. The van der Waals surface area contributed by atoms with E-state index in [0.717, 1.165) is 15.6 Å². The number of nitrogens with zero attached hydrogens (tertiary/aromatic N) is 2. The smallest absolute Gasteiger partial charge is 0.240 e. The van der Waals surface area contributed by atoms with Crippen LogP contribution in [0.5, 0.6) is 0 Å². The number of aromatic nitrogens is 2. The Morgan fingerprint density at radius 2 is 1.74 bits per heavy atom. The van der Waals surface area contributed by atoms with Crippen LogP contribution in [0.4, 0.5) is 0 Å². The molecule has 1 aromatic heterocycles. The van der Waals surface area contributed by atoms with Crippen LogP contribution in [0.2, 0.25) is 10.0 Å². The summed E-state index contributed by atoms with van der Waals surface area (Å²) in [6, 6.07) is 13.4. The number of hydrogen-bond acceptors (Lipinski definition) is 3. The molecule has 0 amide bonds. The van der Waals surface area contributed by atoms with Crippen LogP contribution in [0, 0.1) is 0 Å². The highest BCUT2D eigenvalue weighted by Crippen LogP contribution is 2.23. The van der Waals surface area contributed by atoms with Crippen LogP contribution in [0.15, 0.2) is 51.4 Å². The summed E-state index contributed by atoms with van der Waals surface area (Å²) in [6.45, 7) is 0. The lowest BCUT2D eigenvalue weighted by molar-refractivity contribution is 0.496. The van der Waals surface area contributed by atoms with Gasteiger partial charge in [0.25, 0.3) is 0 Å². The fourth-order valence-corrected chi connectivity index (χ4v) is 2.54. The minimum Gasteiger partial charge on any atom is -0.421 e. The van der Waals surface area contributed by atoms with E-state index in [0.29, 0.717) is 28.2 Å². The quantitative estimate of drug-likeness (QED) is 0.538. The maximum Gasteiger partial charge on any atom is 0.240 e. The van der Waals surface area contributed by atoms with Crippen molar-refractivity contribution in [2.24, 2.45) is 0 Å². The van der Waals surface area contributed by atoms with Crippen molar-refractivity contribution in [1.29, 1.82) is 0 Å². The van der Waals surface area contributed by atoms with E-state index in [1.54, 1.807) is 18.2 Å². The Balaban J connectivity index is 1.70. The molecule has 0 unspecified atom stereocenters. The maximum atomic E-state index is 5.98. The Bertz CT molecular complexity index is 844. The third-order valence-corrected chi connectivity index (χ3v) is 4.38. The van der Waals surface area contributed by atoms with Crippen LogP contribution in [0.3, 0.4) is 0 Å². The van der Waals surface area contributed by atoms with Crippen LogP contribution in [-0.2, 0) is 6.42 Å². The van der Waals surface area contributed by atoms with Crippen molar-refractivity contribution in [2.75, 3.05) is 0 Å². The molecule has 0 aliphatic carbocycles. The highest BCUT2D eigenvalue weighted by atomic mass is 79.9. The van der Waals surface area contributed by atoms with Gasteiger partial charge in [-0.1, -0.05) is 57.3 Å². The molecule has 0 N–H and O–H groups in total. The summed E-state index contributed by atoms with van der Waals surface area (Å²) in [4.78, 5) is 0. The standard InChI is InChI=1S/C17H11BrCl2N2O/c18-13-5-1-12(2-6-13)10-17-22-21-16(23-17)8-4-11-3-7-14(19)15(20)9-11/h1-9H,10H2. The van der Waals surface area contributed by atoms with Gasteiger partial charge in [0.1, 0.15) is 0 Å². The van der Waals surface area contributed by atoms with Crippen molar-refractivity contribution in [3.8, 4) is 0 Å². The first-order valence-electron chi connectivity index (χ1n) is 6.80. The van der Waals surface area contributed by atoms with E-state index in [2.05, 4.69) is 26.1 Å². The SMILES string of the molecule is Clc1ccc(C=Cc2nnc(Cc3ccc(Br)cc3)o2)cc1Cl.